The lowest BCUT2D eigenvalue weighted by Gasteiger charge is -2.20. The van der Waals surface area contributed by atoms with E-state index in [1.54, 1.807) is 50.6 Å². The third-order valence-corrected chi connectivity index (χ3v) is 6.80. The Morgan fingerprint density at radius 3 is 1.49 bits per heavy atom. The zero-order valence-electron chi connectivity index (χ0n) is 24.2. The Bertz CT molecular complexity index is 1540. The Balaban J connectivity index is 1.63. The van der Waals surface area contributed by atoms with Crippen LogP contribution >= 0.6 is 0 Å². The van der Waals surface area contributed by atoms with Crippen LogP contribution in [0.1, 0.15) is 27.5 Å². The van der Waals surface area contributed by atoms with Gasteiger partial charge in [0.2, 0.25) is 11.8 Å². The highest BCUT2D eigenvalue weighted by Crippen LogP contribution is 2.36. The quantitative estimate of drug-likeness (QED) is 0.181. The van der Waals surface area contributed by atoms with E-state index < -0.39 is 12.0 Å². The van der Waals surface area contributed by atoms with Crippen molar-refractivity contribution < 1.29 is 28.6 Å². The van der Waals surface area contributed by atoms with Crippen molar-refractivity contribution in [3.63, 3.8) is 0 Å². The van der Waals surface area contributed by atoms with E-state index in [1.807, 2.05) is 66.7 Å². The van der Waals surface area contributed by atoms with Crippen molar-refractivity contribution in [2.24, 2.45) is 0 Å². The molecule has 0 saturated carbocycles. The van der Waals surface area contributed by atoms with E-state index in [2.05, 4.69) is 15.4 Å². The topological polar surface area (TPSA) is 101 Å². The maximum absolute atomic E-state index is 14.2. The molecule has 9 nitrogen and oxygen atoms in total. The maximum atomic E-state index is 14.2. The van der Waals surface area contributed by atoms with Gasteiger partial charge >= 0.3 is 5.97 Å². The number of nitrogens with zero attached hydrogens (tertiary/aromatic N) is 2. The van der Waals surface area contributed by atoms with E-state index in [0.717, 1.165) is 11.1 Å². The summed E-state index contributed by atoms with van der Waals surface area (Å²) >= 11 is 0. The second-order valence-electron chi connectivity index (χ2n) is 9.36. The van der Waals surface area contributed by atoms with Crippen molar-refractivity contribution in [3.05, 3.63) is 120 Å². The first-order valence-corrected chi connectivity index (χ1v) is 13.4. The Morgan fingerprint density at radius 1 is 0.605 bits per heavy atom. The molecule has 0 fully saturated rings. The largest absolute Gasteiger partial charge is 0.496 e. The van der Waals surface area contributed by atoms with Gasteiger partial charge in [-0.1, -0.05) is 78.9 Å². The fourth-order valence-electron chi connectivity index (χ4n) is 4.67. The molecule has 2 heterocycles. The smallest absolute Gasteiger partial charge is 0.358 e. The van der Waals surface area contributed by atoms with Crippen LogP contribution in [0.15, 0.2) is 103 Å². The third kappa shape index (κ3) is 6.58. The van der Waals surface area contributed by atoms with Gasteiger partial charge in [-0.05, 0) is 11.1 Å². The zero-order valence-corrected chi connectivity index (χ0v) is 24.2. The van der Waals surface area contributed by atoms with E-state index in [1.165, 1.54) is 14.2 Å². The summed E-state index contributed by atoms with van der Waals surface area (Å²) in [5.74, 6) is 1.03. The summed E-state index contributed by atoms with van der Waals surface area (Å²) in [6.45, 7) is 0. The monoisotopic (exact) mass is 577 g/mol. The third-order valence-electron chi connectivity index (χ3n) is 6.80. The van der Waals surface area contributed by atoms with Gasteiger partial charge < -0.3 is 23.8 Å². The van der Waals surface area contributed by atoms with Crippen molar-refractivity contribution in [3.8, 4) is 45.8 Å². The molecule has 2 aromatic heterocycles. The summed E-state index contributed by atoms with van der Waals surface area (Å²) in [5, 5.41) is 0. The van der Waals surface area contributed by atoms with Gasteiger partial charge in [0.1, 0.15) is 11.5 Å². The van der Waals surface area contributed by atoms with Gasteiger partial charge in [0.25, 0.3) is 0 Å². The molecule has 0 unspecified atom stereocenters. The molecule has 0 radical (unpaired) electrons. The lowest BCUT2D eigenvalue weighted by atomic mass is 9.95. The van der Waals surface area contributed by atoms with Crippen LogP contribution in [0.3, 0.4) is 0 Å². The molecule has 0 aliphatic rings. The molecule has 0 amide bonds. The first-order valence-electron chi connectivity index (χ1n) is 13.4. The molecule has 3 aromatic carbocycles. The summed E-state index contributed by atoms with van der Waals surface area (Å²) in [6, 6.07) is 31.2. The minimum Gasteiger partial charge on any atom is -0.496 e. The lowest BCUT2D eigenvalue weighted by molar-refractivity contribution is 0.0191. The van der Waals surface area contributed by atoms with Crippen molar-refractivity contribution in [2.75, 3.05) is 28.4 Å². The Labute approximate surface area is 250 Å². The van der Waals surface area contributed by atoms with Crippen LogP contribution in [0.2, 0.25) is 0 Å². The van der Waals surface area contributed by atoms with Crippen molar-refractivity contribution in [2.45, 2.75) is 6.04 Å². The number of pyridine rings is 2. The summed E-state index contributed by atoms with van der Waals surface area (Å²) in [5.41, 5.74) is 6.95. The summed E-state index contributed by atoms with van der Waals surface area (Å²) in [6.07, 6.45) is 0. The highest BCUT2D eigenvalue weighted by Gasteiger charge is 2.25. The van der Waals surface area contributed by atoms with E-state index in [9.17, 15) is 4.79 Å². The molecule has 5 rings (SSSR count). The van der Waals surface area contributed by atoms with Gasteiger partial charge in [0.05, 0.1) is 51.4 Å². The first kappa shape index (κ1) is 29.1. The average molecular weight is 578 g/mol. The molecule has 9 heteroatoms. The molecule has 1 N–H and O–H groups in total. The summed E-state index contributed by atoms with van der Waals surface area (Å²) < 4.78 is 21.8. The van der Waals surface area contributed by atoms with Crippen molar-refractivity contribution >= 4 is 5.97 Å². The maximum Gasteiger partial charge on any atom is 0.358 e. The second-order valence-corrected chi connectivity index (χ2v) is 9.36. The molecule has 0 atom stereocenters. The molecule has 0 aliphatic heterocycles. The average Bonchev–Trinajstić information content (AvgIpc) is 3.08. The number of hydrogen-bond donors (Lipinski definition) is 1. The van der Waals surface area contributed by atoms with Gasteiger partial charge in [-0.2, -0.15) is 0 Å². The predicted octanol–water partition coefficient (Wildman–Crippen LogP) is 6.30. The molecule has 0 aliphatic carbocycles. The number of hydroxylamine groups is 1. The molecular weight excluding hydrogens is 546 g/mol. The van der Waals surface area contributed by atoms with Crippen molar-refractivity contribution in [1.82, 2.24) is 15.4 Å². The zero-order chi connectivity index (χ0) is 30.2. The fourth-order valence-corrected chi connectivity index (χ4v) is 4.67. The normalized spacial score (nSPS) is 10.7. The Morgan fingerprint density at radius 2 is 1.07 bits per heavy atom. The van der Waals surface area contributed by atoms with Crippen molar-refractivity contribution in [1.29, 1.82) is 0 Å². The van der Waals surface area contributed by atoms with Crippen LogP contribution in [-0.4, -0.2) is 44.4 Å². The minimum atomic E-state index is -0.644. The van der Waals surface area contributed by atoms with Crippen LogP contribution in [0.4, 0.5) is 0 Å². The van der Waals surface area contributed by atoms with Gasteiger partial charge in [0.15, 0.2) is 0 Å². The van der Waals surface area contributed by atoms with Crippen LogP contribution in [0.5, 0.6) is 23.3 Å². The summed E-state index contributed by atoms with van der Waals surface area (Å²) in [4.78, 5) is 29.2. The Hall–Kier alpha value is -5.41. The number of aromatic nitrogens is 2. The number of ether oxygens (including phenoxy) is 4. The Kier molecular flexibility index (Phi) is 9.14. The SMILES string of the molecule is COc1cc(OC)nc(-c2cccc(-c3cc(OC)cc(OC)n3)c2C(=O)ONC(c2ccccc2)c2ccccc2)c1. The van der Waals surface area contributed by atoms with Gasteiger partial charge in [-0.15, -0.1) is 5.48 Å². The number of methoxy groups -OCH3 is 4. The molecule has 0 spiro atoms. The second kappa shape index (κ2) is 13.5. The van der Waals surface area contributed by atoms with Gasteiger partial charge in [-0.3, -0.25) is 0 Å². The summed E-state index contributed by atoms with van der Waals surface area (Å²) in [7, 11) is 6.13. The van der Waals surface area contributed by atoms with E-state index >= 15 is 0 Å². The number of nitrogens with one attached hydrogen (secondary N) is 1. The highest BCUT2D eigenvalue weighted by molar-refractivity contribution is 6.03. The molecule has 43 heavy (non-hydrogen) atoms. The van der Waals surface area contributed by atoms with Gasteiger partial charge in [0, 0.05) is 35.4 Å². The van der Waals surface area contributed by atoms with Crippen LogP contribution in [-0.2, 0) is 4.84 Å². The highest BCUT2D eigenvalue weighted by atomic mass is 16.7. The lowest BCUT2D eigenvalue weighted by Crippen LogP contribution is -2.27. The molecule has 0 bridgehead atoms. The standard InChI is InChI=1S/C34H31N3O6/c1-39-24-18-28(35-30(20-24)41-3)26-16-11-17-27(29-19-25(40-2)21-31(36-29)42-4)32(26)34(38)43-37-33(22-12-7-5-8-13-22)23-14-9-6-10-15-23/h5-21,33,37H,1-4H3. The number of hydrogen-bond acceptors (Lipinski definition) is 9. The predicted molar refractivity (Wildman–Crippen MR) is 162 cm³/mol. The number of benzene rings is 3. The number of rotatable bonds is 11. The number of carbonyl (C=O) groups excluding carboxylic acids is 1. The fraction of sp³-hybridized carbons (Fsp3) is 0.147. The first-order chi connectivity index (χ1) is 21.0. The molecule has 218 valence electrons. The minimum absolute atomic E-state index is 0.223. The molecular formula is C34H31N3O6. The number of carbonyl (C=O) groups is 1. The van der Waals surface area contributed by atoms with E-state index in [-0.39, 0.29) is 5.56 Å². The van der Waals surface area contributed by atoms with Gasteiger partial charge in [-0.25, -0.2) is 14.8 Å². The molecule has 0 saturated heterocycles. The van der Waals surface area contributed by atoms with E-state index in [0.29, 0.717) is 45.8 Å². The van der Waals surface area contributed by atoms with Crippen LogP contribution < -0.4 is 24.4 Å². The van der Waals surface area contributed by atoms with E-state index in [4.69, 9.17) is 23.8 Å². The van der Waals surface area contributed by atoms with Crippen LogP contribution in [0.25, 0.3) is 22.5 Å². The molecule has 5 aromatic rings. The van der Waals surface area contributed by atoms with Crippen LogP contribution in [0, 0.1) is 0 Å².